The summed E-state index contributed by atoms with van der Waals surface area (Å²) < 4.78 is 33.2. The van der Waals surface area contributed by atoms with Gasteiger partial charge in [-0.2, -0.15) is 0 Å². The molecule has 0 aliphatic carbocycles. The van der Waals surface area contributed by atoms with Crippen molar-refractivity contribution in [1.82, 2.24) is 5.32 Å². The van der Waals surface area contributed by atoms with E-state index in [1.54, 1.807) is 55.6 Å². The molecule has 3 rings (SSSR count). The van der Waals surface area contributed by atoms with E-state index < -0.39 is 10.0 Å². The number of nitrogens with one attached hydrogen (secondary N) is 1. The first-order valence-electron chi connectivity index (χ1n) is 11.6. The summed E-state index contributed by atoms with van der Waals surface area (Å²) in [7, 11) is -0.714. The average Bonchev–Trinajstić information content (AvgIpc) is 2.83. The number of para-hydroxylation sites is 1. The second-order valence-electron chi connectivity index (χ2n) is 9.10. The van der Waals surface area contributed by atoms with E-state index in [4.69, 9.17) is 4.74 Å². The molecule has 35 heavy (non-hydrogen) atoms. The maximum Gasteiger partial charge on any atom is 0.264 e. The van der Waals surface area contributed by atoms with E-state index >= 15 is 0 Å². The Bertz CT molecular complexity index is 1320. The number of rotatable bonds is 8. The fraction of sp³-hybridized carbons (Fsp3) is 0.321. The third-order valence-electron chi connectivity index (χ3n) is 6.22. The summed E-state index contributed by atoms with van der Waals surface area (Å²) in [6, 6.07) is 17.2. The van der Waals surface area contributed by atoms with Gasteiger partial charge in [0.2, 0.25) is 0 Å². The van der Waals surface area contributed by atoms with Crippen molar-refractivity contribution in [3.8, 4) is 5.75 Å². The zero-order chi connectivity index (χ0) is 25.9. The van der Waals surface area contributed by atoms with Crippen LogP contribution in [0.4, 0.5) is 5.69 Å². The molecule has 6 nitrogen and oxygen atoms in total. The van der Waals surface area contributed by atoms with E-state index in [1.165, 1.54) is 7.05 Å². The van der Waals surface area contributed by atoms with Gasteiger partial charge in [-0.1, -0.05) is 43.7 Å². The highest BCUT2D eigenvalue weighted by Crippen LogP contribution is 2.32. The van der Waals surface area contributed by atoms with Gasteiger partial charge in [-0.25, -0.2) is 8.42 Å². The molecule has 3 aromatic carbocycles. The molecule has 0 spiro atoms. The second-order valence-corrected chi connectivity index (χ2v) is 11.1. The monoisotopic (exact) mass is 494 g/mol. The first-order chi connectivity index (χ1) is 16.5. The van der Waals surface area contributed by atoms with Crippen LogP contribution in [0.5, 0.6) is 5.75 Å². The fourth-order valence-corrected chi connectivity index (χ4v) is 5.31. The van der Waals surface area contributed by atoms with E-state index in [2.05, 4.69) is 25.2 Å². The van der Waals surface area contributed by atoms with Crippen molar-refractivity contribution >= 4 is 21.6 Å². The van der Waals surface area contributed by atoms with Crippen molar-refractivity contribution in [2.45, 2.75) is 51.5 Å². The van der Waals surface area contributed by atoms with E-state index in [-0.39, 0.29) is 28.3 Å². The van der Waals surface area contributed by atoms with Gasteiger partial charge in [0.05, 0.1) is 29.3 Å². The van der Waals surface area contributed by atoms with E-state index in [0.717, 1.165) is 32.3 Å². The van der Waals surface area contributed by atoms with Gasteiger partial charge in [0.15, 0.2) is 0 Å². The smallest absolute Gasteiger partial charge is 0.264 e. The Balaban J connectivity index is 1.92. The molecule has 0 radical (unpaired) electrons. The third kappa shape index (κ3) is 5.51. The third-order valence-corrected chi connectivity index (χ3v) is 8.01. The van der Waals surface area contributed by atoms with Crippen LogP contribution in [0.25, 0.3) is 0 Å². The van der Waals surface area contributed by atoms with Crippen molar-refractivity contribution in [2.75, 3.05) is 18.5 Å². The molecule has 7 heteroatoms. The number of carbonyl (C=O) groups is 1. The average molecular weight is 495 g/mol. The minimum atomic E-state index is -3.84. The molecule has 1 atom stereocenters. The number of benzene rings is 3. The summed E-state index contributed by atoms with van der Waals surface area (Å²) in [6.07, 6.45) is 0. The molecule has 0 heterocycles. The molecule has 0 fully saturated rings. The Labute approximate surface area is 209 Å². The second kappa shape index (κ2) is 10.5. The maximum atomic E-state index is 13.4. The lowest BCUT2D eigenvalue weighted by Gasteiger charge is -2.24. The van der Waals surface area contributed by atoms with Crippen molar-refractivity contribution in [3.05, 3.63) is 88.5 Å². The van der Waals surface area contributed by atoms with Gasteiger partial charge in [0.1, 0.15) is 5.75 Å². The molecule has 186 valence electrons. The molecule has 0 saturated carbocycles. The molecule has 0 unspecified atom stereocenters. The largest absolute Gasteiger partial charge is 0.496 e. The molecule has 0 saturated heterocycles. The van der Waals surface area contributed by atoms with E-state index in [0.29, 0.717) is 5.69 Å². The van der Waals surface area contributed by atoms with Crippen molar-refractivity contribution < 1.29 is 17.9 Å². The first-order valence-corrected chi connectivity index (χ1v) is 13.0. The molecule has 0 bridgehead atoms. The van der Waals surface area contributed by atoms with Crippen LogP contribution in [0.1, 0.15) is 65.3 Å². The highest BCUT2D eigenvalue weighted by atomic mass is 32.2. The molecule has 0 aromatic heterocycles. The molecule has 1 amide bonds. The predicted molar refractivity (Wildman–Crippen MR) is 141 cm³/mol. The molecular weight excluding hydrogens is 460 g/mol. The van der Waals surface area contributed by atoms with Gasteiger partial charge in [-0.3, -0.25) is 9.10 Å². The van der Waals surface area contributed by atoms with Crippen LogP contribution >= 0.6 is 0 Å². The Morgan fingerprint density at radius 1 is 0.943 bits per heavy atom. The number of hydrogen-bond donors (Lipinski definition) is 1. The molecule has 3 aromatic rings. The molecule has 0 aliphatic rings. The predicted octanol–water partition coefficient (Wildman–Crippen LogP) is 5.75. The summed E-state index contributed by atoms with van der Waals surface area (Å²) in [4.78, 5) is 13.5. The van der Waals surface area contributed by atoms with Crippen molar-refractivity contribution in [2.24, 2.45) is 0 Å². The highest BCUT2D eigenvalue weighted by Gasteiger charge is 2.26. The molecule has 1 N–H and O–H groups in total. The SMILES string of the molecule is COc1cc(C)c([C@@H](C)NC(=O)c2ccccc2N(C)S(=O)(=O)c2ccc(C)cc2)cc1C(C)C. The summed E-state index contributed by atoms with van der Waals surface area (Å²) in [5.41, 5.74) is 4.63. The van der Waals surface area contributed by atoms with Crippen LogP contribution in [0.2, 0.25) is 0 Å². The van der Waals surface area contributed by atoms with Gasteiger partial charge < -0.3 is 10.1 Å². The number of anilines is 1. The van der Waals surface area contributed by atoms with Crippen molar-refractivity contribution in [1.29, 1.82) is 0 Å². The lowest BCUT2D eigenvalue weighted by molar-refractivity contribution is 0.0940. The quantitative estimate of drug-likeness (QED) is 0.433. The van der Waals surface area contributed by atoms with Gasteiger partial charge in [-0.15, -0.1) is 0 Å². The van der Waals surface area contributed by atoms with Gasteiger partial charge in [0.25, 0.3) is 15.9 Å². The highest BCUT2D eigenvalue weighted by molar-refractivity contribution is 7.92. The number of carbonyl (C=O) groups excluding carboxylic acids is 1. The number of nitrogens with zero attached hydrogens (tertiary/aromatic N) is 1. The first kappa shape index (κ1) is 26.3. The number of amides is 1. The van der Waals surface area contributed by atoms with Crippen LogP contribution in [-0.2, 0) is 10.0 Å². The van der Waals surface area contributed by atoms with Crippen LogP contribution < -0.4 is 14.4 Å². The van der Waals surface area contributed by atoms with E-state index in [9.17, 15) is 13.2 Å². The summed E-state index contributed by atoms with van der Waals surface area (Å²) in [6.45, 7) is 10.0. The minimum absolute atomic E-state index is 0.171. The van der Waals surface area contributed by atoms with Gasteiger partial charge in [-0.05, 0) is 79.8 Å². The van der Waals surface area contributed by atoms with Gasteiger partial charge in [0, 0.05) is 7.05 Å². The number of hydrogen-bond acceptors (Lipinski definition) is 4. The summed E-state index contributed by atoms with van der Waals surface area (Å²) >= 11 is 0. The van der Waals surface area contributed by atoms with Crippen molar-refractivity contribution in [3.63, 3.8) is 0 Å². The summed E-state index contributed by atoms with van der Waals surface area (Å²) in [5, 5.41) is 3.05. The number of sulfonamides is 1. The zero-order valence-corrected chi connectivity index (χ0v) is 22.2. The van der Waals surface area contributed by atoms with Crippen LogP contribution in [0.3, 0.4) is 0 Å². The Kier molecular flexibility index (Phi) is 7.90. The van der Waals surface area contributed by atoms with Crippen LogP contribution in [0.15, 0.2) is 65.6 Å². The van der Waals surface area contributed by atoms with Crippen LogP contribution in [0, 0.1) is 13.8 Å². The fourth-order valence-electron chi connectivity index (χ4n) is 4.10. The lowest BCUT2D eigenvalue weighted by atomic mass is 9.93. The lowest BCUT2D eigenvalue weighted by Crippen LogP contribution is -2.32. The number of ether oxygens (including phenoxy) is 1. The standard InChI is InChI=1S/C28H34N2O4S/c1-18(2)24-17-25(20(4)16-27(24)34-7)21(5)29-28(31)23-10-8-9-11-26(23)30(6)35(32,33)22-14-12-19(3)13-15-22/h8-18,21H,1-7H3,(H,29,31)/t21-/m1/s1. The summed E-state index contributed by atoms with van der Waals surface area (Å²) in [5.74, 6) is 0.738. The minimum Gasteiger partial charge on any atom is -0.496 e. The Morgan fingerprint density at radius 2 is 1.57 bits per heavy atom. The Morgan fingerprint density at radius 3 is 2.17 bits per heavy atom. The van der Waals surface area contributed by atoms with Crippen LogP contribution in [-0.4, -0.2) is 28.5 Å². The normalized spacial score (nSPS) is 12.3. The van der Waals surface area contributed by atoms with Gasteiger partial charge >= 0.3 is 0 Å². The topological polar surface area (TPSA) is 75.7 Å². The molecule has 0 aliphatic heterocycles. The number of aryl methyl sites for hydroxylation is 2. The maximum absolute atomic E-state index is 13.4. The zero-order valence-electron chi connectivity index (χ0n) is 21.4. The molecular formula is C28H34N2O4S. The Hall–Kier alpha value is -3.32. The van der Waals surface area contributed by atoms with E-state index in [1.807, 2.05) is 26.8 Å². The number of methoxy groups -OCH3 is 1.